The van der Waals surface area contributed by atoms with Crippen LogP contribution in [0.2, 0.25) is 5.02 Å². The number of carbonyl (C=O) groups excluding carboxylic acids is 3. The highest BCUT2D eigenvalue weighted by Gasteiger charge is 2.08. The van der Waals surface area contributed by atoms with Crippen LogP contribution in [0.1, 0.15) is 30.1 Å². The van der Waals surface area contributed by atoms with E-state index >= 15 is 0 Å². The molecule has 1 rings (SSSR count). The van der Waals surface area contributed by atoms with Crippen LogP contribution in [0.25, 0.3) is 0 Å². The number of benzene rings is 1. The van der Waals surface area contributed by atoms with E-state index in [0.717, 1.165) is 0 Å². The van der Waals surface area contributed by atoms with Gasteiger partial charge in [0.1, 0.15) is 0 Å². The molecule has 0 radical (unpaired) electrons. The average Bonchev–Trinajstić information content (AvgIpc) is 2.49. The molecule has 0 aromatic heterocycles. The van der Waals surface area contributed by atoms with Gasteiger partial charge in [-0.15, -0.1) is 0 Å². The molecule has 0 unspecified atom stereocenters. The molecule has 2 N–H and O–H groups in total. The largest absolute Gasteiger partial charge is 0.466 e. The number of hydrogen-bond acceptors (Lipinski definition) is 4. The van der Waals surface area contributed by atoms with Crippen molar-refractivity contribution in [1.82, 2.24) is 10.6 Å². The van der Waals surface area contributed by atoms with Crippen molar-refractivity contribution < 1.29 is 19.1 Å². The summed E-state index contributed by atoms with van der Waals surface area (Å²) < 4.78 is 4.72. The van der Waals surface area contributed by atoms with Crippen LogP contribution >= 0.6 is 11.6 Å². The van der Waals surface area contributed by atoms with Crippen LogP contribution in [0.5, 0.6) is 0 Å². The number of esters is 1. The second kappa shape index (κ2) is 9.78. The molecule has 0 fully saturated rings. The van der Waals surface area contributed by atoms with Crippen molar-refractivity contribution in [2.75, 3.05) is 19.7 Å². The lowest BCUT2D eigenvalue weighted by atomic mass is 10.2. The molecule has 6 nitrogen and oxygen atoms in total. The highest BCUT2D eigenvalue weighted by molar-refractivity contribution is 6.30. The maximum Gasteiger partial charge on any atom is 0.306 e. The quantitative estimate of drug-likeness (QED) is 0.560. The summed E-state index contributed by atoms with van der Waals surface area (Å²) in [5, 5.41) is 5.76. The number of ether oxygens (including phenoxy) is 1. The van der Waals surface area contributed by atoms with Crippen molar-refractivity contribution in [1.29, 1.82) is 0 Å². The van der Waals surface area contributed by atoms with E-state index in [0.29, 0.717) is 17.2 Å². The first-order chi connectivity index (χ1) is 10.5. The number of carbonyl (C=O) groups is 3. The molecule has 0 saturated heterocycles. The lowest BCUT2D eigenvalue weighted by molar-refractivity contribution is -0.144. The number of rotatable bonds is 8. The molecular formula is C15H19ClN2O4. The molecule has 0 aliphatic rings. The summed E-state index contributed by atoms with van der Waals surface area (Å²) in [4.78, 5) is 34.3. The van der Waals surface area contributed by atoms with Gasteiger partial charge in [0.2, 0.25) is 5.91 Å². The molecular weight excluding hydrogens is 308 g/mol. The lowest BCUT2D eigenvalue weighted by Gasteiger charge is -2.07. The first kappa shape index (κ1) is 18.0. The number of nitrogens with one attached hydrogen (secondary N) is 2. The zero-order valence-electron chi connectivity index (χ0n) is 12.4. The van der Waals surface area contributed by atoms with Gasteiger partial charge in [0.25, 0.3) is 5.91 Å². The van der Waals surface area contributed by atoms with Gasteiger partial charge in [0, 0.05) is 30.1 Å². The highest BCUT2D eigenvalue weighted by Crippen LogP contribution is 2.10. The smallest absolute Gasteiger partial charge is 0.306 e. The standard InChI is InChI=1S/C15H19ClN2O4/c1-2-22-14(20)7-6-13(19)17-8-9-18-15(21)11-4-3-5-12(16)10-11/h3-5,10H,2,6-9H2,1H3,(H,17,19)(H,18,21). The minimum Gasteiger partial charge on any atom is -0.466 e. The Kier molecular flexibility index (Phi) is 7.99. The van der Waals surface area contributed by atoms with Crippen molar-refractivity contribution in [3.05, 3.63) is 34.9 Å². The summed E-state index contributed by atoms with van der Waals surface area (Å²) in [7, 11) is 0. The zero-order chi connectivity index (χ0) is 16.4. The zero-order valence-corrected chi connectivity index (χ0v) is 13.1. The van der Waals surface area contributed by atoms with E-state index in [-0.39, 0.29) is 37.7 Å². The van der Waals surface area contributed by atoms with Crippen LogP contribution in [0, 0.1) is 0 Å². The molecule has 1 aromatic rings. The fourth-order valence-electron chi connectivity index (χ4n) is 1.65. The fraction of sp³-hybridized carbons (Fsp3) is 0.400. The van der Waals surface area contributed by atoms with Gasteiger partial charge in [-0.05, 0) is 25.1 Å². The lowest BCUT2D eigenvalue weighted by Crippen LogP contribution is -2.34. The van der Waals surface area contributed by atoms with E-state index in [2.05, 4.69) is 10.6 Å². The normalized spacial score (nSPS) is 9.91. The Balaban J connectivity index is 2.18. The molecule has 120 valence electrons. The predicted octanol–water partition coefficient (Wildman–Crippen LogP) is 1.53. The summed E-state index contributed by atoms with van der Waals surface area (Å²) in [6.07, 6.45) is 0.121. The monoisotopic (exact) mass is 326 g/mol. The van der Waals surface area contributed by atoms with Crippen molar-refractivity contribution in [3.8, 4) is 0 Å². The Bertz CT molecular complexity index is 534. The summed E-state index contributed by atoms with van der Waals surface area (Å²) in [5.74, 6) is -0.916. The van der Waals surface area contributed by atoms with E-state index in [1.165, 1.54) is 0 Å². The van der Waals surface area contributed by atoms with Gasteiger partial charge in [0.15, 0.2) is 0 Å². The van der Waals surface area contributed by atoms with Crippen molar-refractivity contribution in [2.45, 2.75) is 19.8 Å². The molecule has 7 heteroatoms. The molecule has 2 amide bonds. The van der Waals surface area contributed by atoms with Gasteiger partial charge in [-0.2, -0.15) is 0 Å². The third kappa shape index (κ3) is 7.08. The molecule has 0 aliphatic carbocycles. The Hall–Kier alpha value is -2.08. The molecule has 0 spiro atoms. The first-order valence-corrected chi connectivity index (χ1v) is 7.36. The van der Waals surface area contributed by atoms with Gasteiger partial charge in [-0.1, -0.05) is 17.7 Å². The van der Waals surface area contributed by atoms with E-state index < -0.39 is 5.97 Å². The minimum atomic E-state index is -0.396. The maximum atomic E-state index is 11.8. The average molecular weight is 327 g/mol. The maximum absolute atomic E-state index is 11.8. The van der Waals surface area contributed by atoms with Crippen LogP contribution in [0.3, 0.4) is 0 Å². The van der Waals surface area contributed by atoms with Crippen molar-refractivity contribution in [2.24, 2.45) is 0 Å². The van der Waals surface area contributed by atoms with E-state index in [1.54, 1.807) is 31.2 Å². The van der Waals surface area contributed by atoms with E-state index in [1.807, 2.05) is 0 Å². The molecule has 0 aliphatic heterocycles. The number of hydrogen-bond donors (Lipinski definition) is 2. The van der Waals surface area contributed by atoms with Gasteiger partial charge < -0.3 is 15.4 Å². The van der Waals surface area contributed by atoms with Crippen LogP contribution in [0.15, 0.2) is 24.3 Å². The molecule has 0 atom stereocenters. The summed E-state index contributed by atoms with van der Waals surface area (Å²) in [5.41, 5.74) is 0.459. The molecule has 0 heterocycles. The topological polar surface area (TPSA) is 84.5 Å². The minimum absolute atomic E-state index is 0.0501. The molecule has 0 bridgehead atoms. The van der Waals surface area contributed by atoms with E-state index in [4.69, 9.17) is 16.3 Å². The Morgan fingerprint density at radius 3 is 2.55 bits per heavy atom. The fourth-order valence-corrected chi connectivity index (χ4v) is 1.84. The second-order valence-corrected chi connectivity index (χ2v) is 4.86. The van der Waals surface area contributed by atoms with Crippen LogP contribution in [-0.2, 0) is 14.3 Å². The SMILES string of the molecule is CCOC(=O)CCC(=O)NCCNC(=O)c1cccc(Cl)c1. The van der Waals surface area contributed by atoms with Crippen LogP contribution in [0.4, 0.5) is 0 Å². The highest BCUT2D eigenvalue weighted by atomic mass is 35.5. The van der Waals surface area contributed by atoms with Crippen LogP contribution in [-0.4, -0.2) is 37.5 Å². The third-order valence-corrected chi connectivity index (χ3v) is 2.92. The Morgan fingerprint density at radius 2 is 1.86 bits per heavy atom. The van der Waals surface area contributed by atoms with Gasteiger partial charge in [-0.3, -0.25) is 14.4 Å². The van der Waals surface area contributed by atoms with Gasteiger partial charge in [0.05, 0.1) is 13.0 Å². The van der Waals surface area contributed by atoms with E-state index in [9.17, 15) is 14.4 Å². The molecule has 1 aromatic carbocycles. The second-order valence-electron chi connectivity index (χ2n) is 4.42. The Labute approximate surface area is 134 Å². The summed E-state index contributed by atoms with van der Waals surface area (Å²) in [6, 6.07) is 6.59. The molecule has 0 saturated carbocycles. The van der Waals surface area contributed by atoms with Crippen molar-refractivity contribution in [3.63, 3.8) is 0 Å². The third-order valence-electron chi connectivity index (χ3n) is 2.68. The van der Waals surface area contributed by atoms with Gasteiger partial charge in [-0.25, -0.2) is 0 Å². The first-order valence-electron chi connectivity index (χ1n) is 6.99. The van der Waals surface area contributed by atoms with Gasteiger partial charge >= 0.3 is 5.97 Å². The van der Waals surface area contributed by atoms with Crippen LogP contribution < -0.4 is 10.6 Å². The van der Waals surface area contributed by atoms with Crippen molar-refractivity contribution >= 4 is 29.4 Å². The molecule has 22 heavy (non-hydrogen) atoms. The summed E-state index contributed by atoms with van der Waals surface area (Å²) >= 11 is 5.80. The summed E-state index contributed by atoms with van der Waals surface area (Å²) in [6.45, 7) is 2.58. The number of halogens is 1. The Morgan fingerprint density at radius 1 is 1.14 bits per heavy atom. The number of amides is 2. The predicted molar refractivity (Wildman–Crippen MR) is 82.7 cm³/mol.